The lowest BCUT2D eigenvalue weighted by Gasteiger charge is -2.56. The van der Waals surface area contributed by atoms with E-state index in [9.17, 15) is 4.79 Å². The van der Waals surface area contributed by atoms with Gasteiger partial charge in [-0.25, -0.2) is 0 Å². The zero-order valence-corrected chi connectivity index (χ0v) is 12.6. The van der Waals surface area contributed by atoms with E-state index < -0.39 is 0 Å². The van der Waals surface area contributed by atoms with Crippen LogP contribution in [-0.4, -0.2) is 12.5 Å². The van der Waals surface area contributed by atoms with Crippen molar-refractivity contribution < 1.29 is 9.21 Å². The molecule has 0 unspecified atom stereocenters. The number of hydrogen-bond donors (Lipinski definition) is 1. The van der Waals surface area contributed by atoms with E-state index in [4.69, 9.17) is 4.42 Å². The molecule has 4 saturated carbocycles. The van der Waals surface area contributed by atoms with E-state index in [-0.39, 0.29) is 5.91 Å². The Morgan fingerprint density at radius 3 is 2.43 bits per heavy atom. The lowest BCUT2D eigenvalue weighted by molar-refractivity contribution is -0.123. The Kier molecular flexibility index (Phi) is 3.31. The monoisotopic (exact) mass is 287 g/mol. The van der Waals surface area contributed by atoms with Gasteiger partial charge >= 0.3 is 0 Å². The second-order valence-corrected chi connectivity index (χ2v) is 7.77. The maximum absolute atomic E-state index is 12.1. The first-order valence-electron chi connectivity index (χ1n) is 8.50. The van der Waals surface area contributed by atoms with Crippen LogP contribution in [0, 0.1) is 23.2 Å². The Hall–Kier alpha value is -1.25. The molecule has 0 aromatic carbocycles. The molecule has 5 rings (SSSR count). The molecule has 3 nitrogen and oxygen atoms in total. The summed E-state index contributed by atoms with van der Waals surface area (Å²) < 4.78 is 5.28. The fourth-order valence-corrected chi connectivity index (χ4v) is 5.57. The van der Waals surface area contributed by atoms with Crippen molar-refractivity contribution in [1.82, 2.24) is 5.32 Å². The summed E-state index contributed by atoms with van der Waals surface area (Å²) in [5.74, 6) is 3.95. The summed E-state index contributed by atoms with van der Waals surface area (Å²) in [6.07, 6.45) is 11.4. The van der Waals surface area contributed by atoms with E-state index in [2.05, 4.69) is 5.32 Å². The van der Waals surface area contributed by atoms with Gasteiger partial charge in [0, 0.05) is 19.4 Å². The molecule has 4 fully saturated rings. The van der Waals surface area contributed by atoms with Crippen LogP contribution >= 0.6 is 0 Å². The smallest absolute Gasteiger partial charge is 0.220 e. The Morgan fingerprint density at radius 2 is 1.86 bits per heavy atom. The molecule has 0 radical (unpaired) electrons. The number of nitrogens with one attached hydrogen (secondary N) is 1. The van der Waals surface area contributed by atoms with Gasteiger partial charge in [0.15, 0.2) is 0 Å². The van der Waals surface area contributed by atoms with Gasteiger partial charge in [0.25, 0.3) is 0 Å². The number of carbonyl (C=O) groups excluding carboxylic acids is 1. The molecule has 1 aromatic heterocycles. The van der Waals surface area contributed by atoms with Crippen LogP contribution in [0.5, 0.6) is 0 Å². The van der Waals surface area contributed by atoms with E-state index in [1.807, 2.05) is 12.1 Å². The third kappa shape index (κ3) is 2.75. The molecule has 0 spiro atoms. The first kappa shape index (κ1) is 13.4. The average molecular weight is 287 g/mol. The quantitative estimate of drug-likeness (QED) is 0.900. The van der Waals surface area contributed by atoms with Gasteiger partial charge in [-0.15, -0.1) is 0 Å². The number of aryl methyl sites for hydroxylation is 1. The second kappa shape index (κ2) is 5.19. The van der Waals surface area contributed by atoms with Crippen molar-refractivity contribution >= 4 is 5.91 Å². The number of rotatable bonds is 5. The lowest BCUT2D eigenvalue weighted by atomic mass is 9.49. The zero-order valence-electron chi connectivity index (χ0n) is 12.6. The van der Waals surface area contributed by atoms with Gasteiger partial charge in [0.2, 0.25) is 5.91 Å². The topological polar surface area (TPSA) is 42.2 Å². The van der Waals surface area contributed by atoms with E-state index >= 15 is 0 Å². The van der Waals surface area contributed by atoms with Gasteiger partial charge in [-0.3, -0.25) is 4.79 Å². The molecular weight excluding hydrogens is 262 g/mol. The summed E-state index contributed by atoms with van der Waals surface area (Å²) in [7, 11) is 0. The van der Waals surface area contributed by atoms with Crippen LogP contribution in [-0.2, 0) is 11.2 Å². The van der Waals surface area contributed by atoms with Gasteiger partial charge in [0.05, 0.1) is 6.26 Å². The molecule has 3 heteroatoms. The molecule has 4 bridgehead atoms. The second-order valence-electron chi connectivity index (χ2n) is 7.77. The summed E-state index contributed by atoms with van der Waals surface area (Å²) in [6.45, 7) is 0.910. The third-order valence-electron chi connectivity index (χ3n) is 6.00. The largest absolute Gasteiger partial charge is 0.469 e. The average Bonchev–Trinajstić information content (AvgIpc) is 2.95. The SMILES string of the molecule is O=C(CCc1ccco1)NCC12CC3CC(CC(C3)C1)C2. The van der Waals surface area contributed by atoms with E-state index in [0.717, 1.165) is 30.1 Å². The molecule has 1 amide bonds. The normalized spacial score (nSPS) is 36.9. The predicted octanol–water partition coefficient (Wildman–Crippen LogP) is 3.54. The standard InChI is InChI=1S/C18H25NO2/c20-17(4-3-16-2-1-5-21-16)19-12-18-9-13-6-14(10-18)8-15(7-13)11-18/h1-2,5,13-15H,3-4,6-12H2,(H,19,20). The molecular formula is C18H25NO2. The van der Waals surface area contributed by atoms with Crippen molar-refractivity contribution in [3.8, 4) is 0 Å². The summed E-state index contributed by atoms with van der Waals surface area (Å²) in [4.78, 5) is 12.1. The minimum absolute atomic E-state index is 0.183. The number of furan rings is 1. The summed E-state index contributed by atoms with van der Waals surface area (Å²) in [6, 6.07) is 3.81. The highest BCUT2D eigenvalue weighted by Crippen LogP contribution is 2.59. The van der Waals surface area contributed by atoms with Crippen LogP contribution in [0.25, 0.3) is 0 Å². The van der Waals surface area contributed by atoms with E-state index in [0.29, 0.717) is 18.3 Å². The molecule has 1 heterocycles. The van der Waals surface area contributed by atoms with Gasteiger partial charge in [-0.1, -0.05) is 0 Å². The van der Waals surface area contributed by atoms with Crippen molar-refractivity contribution in [2.45, 2.75) is 51.4 Å². The Balaban J connectivity index is 1.29. The highest BCUT2D eigenvalue weighted by Gasteiger charge is 2.50. The minimum atomic E-state index is 0.183. The molecule has 0 saturated heterocycles. The van der Waals surface area contributed by atoms with Crippen molar-refractivity contribution in [2.75, 3.05) is 6.54 Å². The minimum Gasteiger partial charge on any atom is -0.469 e. The van der Waals surface area contributed by atoms with Crippen molar-refractivity contribution in [2.24, 2.45) is 23.2 Å². The van der Waals surface area contributed by atoms with E-state index in [1.54, 1.807) is 6.26 Å². The maximum atomic E-state index is 12.1. The molecule has 21 heavy (non-hydrogen) atoms. The fraction of sp³-hybridized carbons (Fsp3) is 0.722. The molecule has 4 aliphatic rings. The van der Waals surface area contributed by atoms with Gasteiger partial charge in [-0.05, 0) is 73.8 Å². The van der Waals surface area contributed by atoms with Crippen LogP contribution in [0.2, 0.25) is 0 Å². The number of carbonyl (C=O) groups is 1. The summed E-state index contributed by atoms with van der Waals surface area (Å²) in [5.41, 5.74) is 0.440. The van der Waals surface area contributed by atoms with Crippen molar-refractivity contribution in [3.63, 3.8) is 0 Å². The third-order valence-corrected chi connectivity index (χ3v) is 6.00. The van der Waals surface area contributed by atoms with Crippen molar-refractivity contribution in [3.05, 3.63) is 24.2 Å². The highest BCUT2D eigenvalue weighted by molar-refractivity contribution is 5.76. The molecule has 1 N–H and O–H groups in total. The van der Waals surface area contributed by atoms with Gasteiger partial charge < -0.3 is 9.73 Å². The van der Waals surface area contributed by atoms with E-state index in [1.165, 1.54) is 38.5 Å². The van der Waals surface area contributed by atoms with Crippen molar-refractivity contribution in [1.29, 1.82) is 0 Å². The maximum Gasteiger partial charge on any atom is 0.220 e. The van der Waals surface area contributed by atoms with Gasteiger partial charge in [0.1, 0.15) is 5.76 Å². The van der Waals surface area contributed by atoms with Crippen LogP contribution in [0.15, 0.2) is 22.8 Å². The number of amides is 1. The zero-order chi connectivity index (χ0) is 14.3. The molecule has 0 aliphatic heterocycles. The predicted molar refractivity (Wildman–Crippen MR) is 80.6 cm³/mol. The summed E-state index contributed by atoms with van der Waals surface area (Å²) in [5, 5.41) is 3.22. The molecule has 4 aliphatic carbocycles. The fourth-order valence-electron chi connectivity index (χ4n) is 5.57. The highest BCUT2D eigenvalue weighted by atomic mass is 16.3. The first-order valence-corrected chi connectivity index (χ1v) is 8.50. The lowest BCUT2D eigenvalue weighted by Crippen LogP contribution is -2.51. The molecule has 0 atom stereocenters. The molecule has 114 valence electrons. The van der Waals surface area contributed by atoms with Crippen LogP contribution < -0.4 is 5.32 Å². The number of hydrogen-bond acceptors (Lipinski definition) is 2. The Bertz CT molecular complexity index is 470. The Labute approximate surface area is 126 Å². The summed E-state index contributed by atoms with van der Waals surface area (Å²) >= 11 is 0. The first-order chi connectivity index (χ1) is 10.2. The van der Waals surface area contributed by atoms with Crippen LogP contribution in [0.3, 0.4) is 0 Å². The molecule has 1 aromatic rings. The Morgan fingerprint density at radius 1 is 1.19 bits per heavy atom. The van der Waals surface area contributed by atoms with Gasteiger partial charge in [-0.2, -0.15) is 0 Å². The van der Waals surface area contributed by atoms with Crippen LogP contribution in [0.1, 0.15) is 50.7 Å². The van der Waals surface area contributed by atoms with Crippen LogP contribution in [0.4, 0.5) is 0 Å².